The van der Waals surface area contributed by atoms with Crippen molar-refractivity contribution in [2.24, 2.45) is 0 Å². The van der Waals surface area contributed by atoms with Crippen molar-refractivity contribution < 1.29 is 24.6 Å². The lowest BCUT2D eigenvalue weighted by atomic mass is 9.90. The average Bonchev–Trinajstić information content (AvgIpc) is 1.82. The summed E-state index contributed by atoms with van der Waals surface area (Å²) in [4.78, 5) is 15.6. The minimum Gasteiger partial charge on any atom is -0.387 e. The van der Waals surface area contributed by atoms with E-state index in [0.717, 1.165) is 0 Å². The maximum absolute atomic E-state index is 9.58. The monoisotopic (exact) mass is 226 g/mol. The maximum Gasteiger partial charge on any atom is 0.348 e. The zero-order chi connectivity index (χ0) is 12.2. The van der Waals surface area contributed by atoms with Crippen LogP contribution in [0.15, 0.2) is 12.4 Å². The topological polar surface area (TPSA) is 98.0 Å². The predicted octanol–water partition coefficient (Wildman–Crippen LogP) is 0.836. The lowest BCUT2D eigenvalue weighted by molar-refractivity contribution is -0.107. The molecule has 86 valence electrons. The highest BCUT2D eigenvalue weighted by molar-refractivity contribution is 7.55. The second-order valence-electron chi connectivity index (χ2n) is 3.89. The van der Waals surface area contributed by atoms with E-state index in [2.05, 4.69) is 6.58 Å². The summed E-state index contributed by atoms with van der Waals surface area (Å²) in [5.74, 6) is 0.604. The Morgan fingerprint density at radius 2 is 1.21 bits per heavy atom. The van der Waals surface area contributed by atoms with Gasteiger partial charge in [0.2, 0.25) is 0 Å². The zero-order valence-corrected chi connectivity index (χ0v) is 9.82. The van der Waals surface area contributed by atoms with Crippen molar-refractivity contribution >= 4 is 7.60 Å². The van der Waals surface area contributed by atoms with E-state index in [1.807, 2.05) is 0 Å². The summed E-state index contributed by atoms with van der Waals surface area (Å²) in [6.45, 7) is 9.17. The molecular formula is C8H19O5P. The molecule has 14 heavy (non-hydrogen) atoms. The van der Waals surface area contributed by atoms with Crippen molar-refractivity contribution in [3.63, 3.8) is 0 Å². The van der Waals surface area contributed by atoms with Gasteiger partial charge in [0.25, 0.3) is 0 Å². The first kappa shape index (κ1) is 16.2. The van der Waals surface area contributed by atoms with Crippen molar-refractivity contribution in [3.8, 4) is 0 Å². The second kappa shape index (κ2) is 5.05. The van der Waals surface area contributed by atoms with Crippen LogP contribution in [0.4, 0.5) is 0 Å². The zero-order valence-electron chi connectivity index (χ0n) is 8.93. The molecule has 0 heterocycles. The molecule has 0 aliphatic rings. The number of hydrogen-bond acceptors (Lipinski definition) is 3. The molecule has 0 aliphatic carbocycles. The summed E-state index contributed by atoms with van der Waals surface area (Å²) in [5, 5.41) is 18.2. The Morgan fingerprint density at radius 3 is 1.21 bits per heavy atom. The van der Waals surface area contributed by atoms with Crippen molar-refractivity contribution in [2.45, 2.75) is 38.9 Å². The van der Waals surface area contributed by atoms with E-state index in [1.165, 1.54) is 0 Å². The fraction of sp³-hybridized carbons (Fsp3) is 0.750. The van der Waals surface area contributed by atoms with Crippen molar-refractivity contribution in [1.29, 1.82) is 0 Å². The van der Waals surface area contributed by atoms with Crippen LogP contribution in [0.1, 0.15) is 27.7 Å². The smallest absolute Gasteiger partial charge is 0.348 e. The molecule has 0 unspecified atom stereocenters. The Balaban J connectivity index is 0. The first-order valence-corrected chi connectivity index (χ1v) is 5.63. The molecule has 0 aromatic carbocycles. The van der Waals surface area contributed by atoms with Gasteiger partial charge in [-0.25, -0.2) is 0 Å². The normalized spacial score (nSPS) is 12.9. The predicted molar refractivity (Wildman–Crippen MR) is 54.8 cm³/mol. The molecule has 0 spiro atoms. The lowest BCUT2D eigenvalue weighted by Crippen LogP contribution is -2.44. The molecular weight excluding hydrogens is 207 g/mol. The molecule has 0 atom stereocenters. The molecule has 0 aromatic rings. The van der Waals surface area contributed by atoms with E-state index in [-0.39, 0.29) is 0 Å². The highest BCUT2D eigenvalue weighted by Gasteiger charge is 2.31. The fourth-order valence-electron chi connectivity index (χ4n) is 0. The van der Waals surface area contributed by atoms with Gasteiger partial charge < -0.3 is 20.0 Å². The third kappa shape index (κ3) is 9.89. The molecule has 5 nitrogen and oxygen atoms in total. The van der Waals surface area contributed by atoms with Crippen molar-refractivity contribution in [2.75, 3.05) is 0 Å². The molecule has 0 saturated carbocycles. The largest absolute Gasteiger partial charge is 0.387 e. The van der Waals surface area contributed by atoms with Gasteiger partial charge in [0.1, 0.15) is 0 Å². The van der Waals surface area contributed by atoms with E-state index < -0.39 is 18.8 Å². The molecule has 0 amide bonds. The molecule has 0 rings (SSSR count). The summed E-state index contributed by atoms with van der Waals surface area (Å²) in [6.07, 6.45) is 0. The van der Waals surface area contributed by atoms with Crippen LogP contribution in [0.5, 0.6) is 0 Å². The Hall–Kier alpha value is -0.190. The molecule has 0 aromatic heterocycles. The molecule has 0 aliphatic heterocycles. The molecule has 6 heteroatoms. The summed E-state index contributed by atoms with van der Waals surface area (Å²) in [6, 6.07) is 0. The van der Waals surface area contributed by atoms with Gasteiger partial charge in [-0.15, -0.1) is 0 Å². The highest BCUT2D eigenvalue weighted by atomic mass is 31.2. The van der Waals surface area contributed by atoms with Crippen LogP contribution in [0, 0.1) is 0 Å². The van der Waals surface area contributed by atoms with Gasteiger partial charge in [-0.05, 0) is 27.7 Å². The molecule has 0 bridgehead atoms. The quantitative estimate of drug-likeness (QED) is 0.523. The average molecular weight is 226 g/mol. The van der Waals surface area contributed by atoms with E-state index >= 15 is 0 Å². The van der Waals surface area contributed by atoms with Crippen LogP contribution in [0.25, 0.3) is 0 Å². The summed E-state index contributed by atoms with van der Waals surface area (Å²) < 4.78 is 9.58. The van der Waals surface area contributed by atoms with E-state index in [9.17, 15) is 4.57 Å². The van der Waals surface area contributed by atoms with E-state index in [4.69, 9.17) is 20.0 Å². The SMILES string of the molecule is C=CP(=O)(O)O.CC(C)(O)C(C)(C)O. The summed E-state index contributed by atoms with van der Waals surface area (Å²) >= 11 is 0. The number of aliphatic hydroxyl groups is 2. The first-order chi connectivity index (χ1) is 5.81. The van der Waals surface area contributed by atoms with Gasteiger partial charge in [0.05, 0.1) is 11.2 Å². The standard InChI is InChI=1S/C6H14O2.C2H5O3P/c1-5(2,7)6(3,4)8;1-2-6(3,4)5/h7-8H,1-4H3;2H,1H2,(H2,3,4,5). The molecule has 0 fully saturated rings. The van der Waals surface area contributed by atoms with Gasteiger partial charge in [-0.3, -0.25) is 4.57 Å². The van der Waals surface area contributed by atoms with Gasteiger partial charge in [-0.1, -0.05) is 6.58 Å². The van der Waals surface area contributed by atoms with Crippen molar-refractivity contribution in [1.82, 2.24) is 0 Å². The third-order valence-electron chi connectivity index (χ3n) is 1.74. The van der Waals surface area contributed by atoms with Crippen LogP contribution in [-0.2, 0) is 4.57 Å². The van der Waals surface area contributed by atoms with Gasteiger partial charge in [0.15, 0.2) is 0 Å². The molecule has 0 radical (unpaired) electrons. The third-order valence-corrected chi connectivity index (χ3v) is 2.21. The Kier molecular flexibility index (Phi) is 5.86. The van der Waals surface area contributed by atoms with Gasteiger partial charge in [-0.2, -0.15) is 0 Å². The highest BCUT2D eigenvalue weighted by Crippen LogP contribution is 2.34. The van der Waals surface area contributed by atoms with Crippen LogP contribution in [-0.4, -0.2) is 31.2 Å². The second-order valence-corrected chi connectivity index (χ2v) is 5.43. The van der Waals surface area contributed by atoms with Crippen LogP contribution >= 0.6 is 7.60 Å². The Morgan fingerprint density at radius 1 is 1.07 bits per heavy atom. The maximum atomic E-state index is 9.58. The first-order valence-electron chi connectivity index (χ1n) is 3.95. The van der Waals surface area contributed by atoms with E-state index in [1.54, 1.807) is 27.7 Å². The van der Waals surface area contributed by atoms with Crippen LogP contribution in [0.3, 0.4) is 0 Å². The summed E-state index contributed by atoms with van der Waals surface area (Å²) in [7, 11) is -3.88. The van der Waals surface area contributed by atoms with Gasteiger partial charge in [0, 0.05) is 5.82 Å². The minimum absolute atomic E-state index is 0.604. The number of rotatable bonds is 2. The number of hydrogen-bond donors (Lipinski definition) is 4. The molecule has 4 N–H and O–H groups in total. The fourth-order valence-corrected chi connectivity index (χ4v) is 0. The van der Waals surface area contributed by atoms with Crippen LogP contribution < -0.4 is 0 Å². The molecule has 0 saturated heterocycles. The minimum atomic E-state index is -3.88. The van der Waals surface area contributed by atoms with E-state index in [0.29, 0.717) is 5.82 Å². The Bertz CT molecular complexity index is 205. The van der Waals surface area contributed by atoms with Crippen LogP contribution in [0.2, 0.25) is 0 Å². The summed E-state index contributed by atoms with van der Waals surface area (Å²) in [5.41, 5.74) is -2.01. The Labute approximate surface area is 84.2 Å². The van der Waals surface area contributed by atoms with Crippen molar-refractivity contribution in [3.05, 3.63) is 12.4 Å². The lowest BCUT2D eigenvalue weighted by Gasteiger charge is -2.31. The van der Waals surface area contributed by atoms with Gasteiger partial charge >= 0.3 is 7.60 Å².